The minimum atomic E-state index is -0.507. The highest BCUT2D eigenvalue weighted by molar-refractivity contribution is 5.89. The van der Waals surface area contributed by atoms with Gasteiger partial charge in [-0.1, -0.05) is 23.8 Å². The van der Waals surface area contributed by atoms with E-state index in [4.69, 9.17) is 14.2 Å². The number of allylic oxidation sites excluding steroid dienone is 3. The molecule has 0 bridgehead atoms. The van der Waals surface area contributed by atoms with Gasteiger partial charge in [0.1, 0.15) is 6.10 Å². The standard InChI is InChI=1S/C31H42N2O5/c1-22(8-15-27-18-31(21-36-31)20-30(3,4)38-27)7-10-24-11-13-26(14-12-24)33-28(34)16-9-23(2)37-29(35)25-6-5-17-32-19-25/h5-9,15-17,19,23-24,26-27H,10-14,18,20-21H2,1-4H3,(H,33,34)/t23-,24?,26?,27+,31+/m0/s1. The minimum absolute atomic E-state index is 0.0452. The van der Waals surface area contributed by atoms with E-state index in [9.17, 15) is 9.59 Å². The normalized spacial score (nSPS) is 29.9. The van der Waals surface area contributed by atoms with Crippen LogP contribution in [0.5, 0.6) is 0 Å². The summed E-state index contributed by atoms with van der Waals surface area (Å²) in [7, 11) is 0. The van der Waals surface area contributed by atoms with E-state index in [0.29, 0.717) is 11.5 Å². The molecule has 3 fully saturated rings. The van der Waals surface area contributed by atoms with Gasteiger partial charge < -0.3 is 19.5 Å². The molecular weight excluding hydrogens is 480 g/mol. The van der Waals surface area contributed by atoms with Crippen molar-refractivity contribution < 1.29 is 23.8 Å². The van der Waals surface area contributed by atoms with Crippen LogP contribution in [0.15, 0.2) is 60.5 Å². The van der Waals surface area contributed by atoms with E-state index in [1.54, 1.807) is 31.3 Å². The molecule has 3 aliphatic rings. The fraction of sp³-hybridized carbons (Fsp3) is 0.581. The minimum Gasteiger partial charge on any atom is -0.455 e. The summed E-state index contributed by atoms with van der Waals surface area (Å²) < 4.78 is 17.3. The number of rotatable bonds is 9. The van der Waals surface area contributed by atoms with Gasteiger partial charge in [0.2, 0.25) is 5.91 Å². The third-order valence-electron chi connectivity index (χ3n) is 7.59. The molecular formula is C31H42N2O5. The van der Waals surface area contributed by atoms with Crippen LogP contribution in [0.25, 0.3) is 0 Å². The number of nitrogens with zero attached hydrogens (tertiary/aromatic N) is 1. The number of ether oxygens (including phenoxy) is 3. The molecule has 1 aliphatic carbocycles. The molecule has 3 heterocycles. The molecule has 7 nitrogen and oxygen atoms in total. The van der Waals surface area contributed by atoms with Crippen LogP contribution in [0.2, 0.25) is 0 Å². The smallest absolute Gasteiger partial charge is 0.340 e. The summed E-state index contributed by atoms with van der Waals surface area (Å²) >= 11 is 0. The molecule has 1 spiro atoms. The molecule has 1 aromatic rings. The number of carbonyl (C=O) groups is 2. The van der Waals surface area contributed by atoms with Gasteiger partial charge in [-0.15, -0.1) is 0 Å². The molecule has 1 amide bonds. The number of pyridine rings is 1. The Hall–Kier alpha value is -2.77. The maximum atomic E-state index is 12.4. The monoisotopic (exact) mass is 522 g/mol. The number of aromatic nitrogens is 1. The Morgan fingerprint density at radius 1 is 1.24 bits per heavy atom. The number of hydrogen-bond acceptors (Lipinski definition) is 6. The first-order valence-corrected chi connectivity index (χ1v) is 13.9. The largest absolute Gasteiger partial charge is 0.455 e. The summed E-state index contributed by atoms with van der Waals surface area (Å²) in [4.78, 5) is 28.4. The molecule has 7 heteroatoms. The Bertz CT molecular complexity index is 1040. The predicted octanol–water partition coefficient (Wildman–Crippen LogP) is 5.48. The molecule has 2 saturated heterocycles. The van der Waals surface area contributed by atoms with Crippen molar-refractivity contribution in [1.29, 1.82) is 0 Å². The van der Waals surface area contributed by atoms with Gasteiger partial charge >= 0.3 is 5.97 Å². The van der Waals surface area contributed by atoms with E-state index in [0.717, 1.165) is 51.6 Å². The van der Waals surface area contributed by atoms with Gasteiger partial charge in [0.05, 0.1) is 29.5 Å². The second kappa shape index (κ2) is 12.4. The molecule has 1 saturated carbocycles. The van der Waals surface area contributed by atoms with Crippen LogP contribution in [-0.2, 0) is 19.0 Å². The number of carbonyl (C=O) groups excluding carboxylic acids is 2. The van der Waals surface area contributed by atoms with Crippen LogP contribution in [-0.4, -0.2) is 52.9 Å². The van der Waals surface area contributed by atoms with Crippen LogP contribution in [0.3, 0.4) is 0 Å². The first-order valence-electron chi connectivity index (χ1n) is 13.9. The van der Waals surface area contributed by atoms with Crippen molar-refractivity contribution in [2.24, 2.45) is 5.92 Å². The molecule has 0 unspecified atom stereocenters. The Morgan fingerprint density at radius 2 is 2.00 bits per heavy atom. The van der Waals surface area contributed by atoms with Gasteiger partial charge in [-0.25, -0.2) is 4.79 Å². The van der Waals surface area contributed by atoms with Crippen molar-refractivity contribution in [1.82, 2.24) is 10.3 Å². The Balaban J connectivity index is 1.14. The quantitative estimate of drug-likeness (QED) is 0.200. The molecule has 4 rings (SSSR count). The van der Waals surface area contributed by atoms with Crippen molar-refractivity contribution in [2.75, 3.05) is 6.61 Å². The number of epoxide rings is 1. The van der Waals surface area contributed by atoms with Crippen molar-refractivity contribution in [2.45, 2.75) is 102 Å². The van der Waals surface area contributed by atoms with Crippen molar-refractivity contribution in [3.05, 3.63) is 66.0 Å². The molecule has 0 aromatic carbocycles. The van der Waals surface area contributed by atoms with Crippen LogP contribution >= 0.6 is 0 Å². The first-order chi connectivity index (χ1) is 18.1. The average molecular weight is 523 g/mol. The highest BCUT2D eigenvalue weighted by Gasteiger charge is 2.53. The van der Waals surface area contributed by atoms with Gasteiger partial charge in [-0.2, -0.15) is 0 Å². The summed E-state index contributed by atoms with van der Waals surface area (Å²) in [6.07, 6.45) is 19.6. The molecule has 2 aliphatic heterocycles. The summed E-state index contributed by atoms with van der Waals surface area (Å²) in [6, 6.07) is 3.51. The third kappa shape index (κ3) is 8.63. The van der Waals surface area contributed by atoms with Crippen molar-refractivity contribution in [3.63, 3.8) is 0 Å². The fourth-order valence-corrected chi connectivity index (χ4v) is 5.59. The van der Waals surface area contributed by atoms with Gasteiger partial charge in [0.25, 0.3) is 0 Å². The average Bonchev–Trinajstić information content (AvgIpc) is 3.62. The molecule has 0 radical (unpaired) electrons. The van der Waals surface area contributed by atoms with E-state index >= 15 is 0 Å². The lowest BCUT2D eigenvalue weighted by molar-refractivity contribution is -0.117. The van der Waals surface area contributed by atoms with E-state index in [1.807, 2.05) is 0 Å². The van der Waals surface area contributed by atoms with E-state index in [1.165, 1.54) is 17.8 Å². The maximum absolute atomic E-state index is 12.4. The molecule has 206 valence electrons. The first kappa shape index (κ1) is 28.2. The number of nitrogens with one attached hydrogen (secondary N) is 1. The lowest BCUT2D eigenvalue weighted by atomic mass is 9.83. The molecule has 1 N–H and O–H groups in total. The van der Waals surface area contributed by atoms with Crippen molar-refractivity contribution >= 4 is 11.9 Å². The van der Waals surface area contributed by atoms with Crippen LogP contribution in [0.1, 0.15) is 83.0 Å². The van der Waals surface area contributed by atoms with Gasteiger partial charge in [-0.05, 0) is 83.9 Å². The Morgan fingerprint density at radius 3 is 2.68 bits per heavy atom. The number of esters is 1. The van der Waals surface area contributed by atoms with Gasteiger partial charge in [0, 0.05) is 37.4 Å². The second-order valence-corrected chi connectivity index (χ2v) is 11.7. The highest BCUT2D eigenvalue weighted by atomic mass is 16.6. The summed E-state index contributed by atoms with van der Waals surface area (Å²) in [5.41, 5.74) is 1.56. The van der Waals surface area contributed by atoms with Gasteiger partial charge in [-0.3, -0.25) is 9.78 Å². The second-order valence-electron chi connectivity index (χ2n) is 11.7. The third-order valence-corrected chi connectivity index (χ3v) is 7.59. The Kier molecular flexibility index (Phi) is 9.21. The van der Waals surface area contributed by atoms with E-state index in [2.05, 4.69) is 49.3 Å². The van der Waals surface area contributed by atoms with E-state index in [-0.39, 0.29) is 29.3 Å². The fourth-order valence-electron chi connectivity index (χ4n) is 5.59. The zero-order valence-electron chi connectivity index (χ0n) is 23.2. The topological polar surface area (TPSA) is 90.0 Å². The number of amides is 1. The molecule has 3 atom stereocenters. The lowest BCUT2D eigenvalue weighted by Crippen LogP contribution is -2.43. The predicted molar refractivity (Wildman–Crippen MR) is 147 cm³/mol. The van der Waals surface area contributed by atoms with Crippen LogP contribution in [0, 0.1) is 5.92 Å². The molecule has 38 heavy (non-hydrogen) atoms. The molecule has 1 aromatic heterocycles. The van der Waals surface area contributed by atoms with Crippen LogP contribution < -0.4 is 5.32 Å². The summed E-state index contributed by atoms with van der Waals surface area (Å²) in [5.74, 6) is 0.0355. The Labute approximate surface area is 226 Å². The summed E-state index contributed by atoms with van der Waals surface area (Å²) in [6.45, 7) is 9.04. The summed E-state index contributed by atoms with van der Waals surface area (Å²) in [5, 5.41) is 3.09. The number of hydrogen-bond donors (Lipinski definition) is 1. The van der Waals surface area contributed by atoms with E-state index < -0.39 is 12.1 Å². The lowest BCUT2D eigenvalue weighted by Gasteiger charge is -2.38. The zero-order chi connectivity index (χ0) is 27.2. The van der Waals surface area contributed by atoms with Crippen molar-refractivity contribution in [3.8, 4) is 0 Å². The zero-order valence-corrected chi connectivity index (χ0v) is 23.2. The SMILES string of the molecule is CC(C=C[C@@H]1C[C@]2(CO2)CC(C)(C)O1)=CCC1CCC(NC(=O)C=C[C@H](C)OC(=O)c2cccnc2)CC1. The van der Waals surface area contributed by atoms with Crippen LogP contribution in [0.4, 0.5) is 0 Å². The maximum Gasteiger partial charge on any atom is 0.340 e. The highest BCUT2D eigenvalue weighted by Crippen LogP contribution is 2.46. The van der Waals surface area contributed by atoms with Gasteiger partial charge in [0.15, 0.2) is 0 Å².